The molecule has 0 radical (unpaired) electrons. The molecule has 0 fully saturated rings. The lowest BCUT2D eigenvalue weighted by Crippen LogP contribution is -2.58. The van der Waals surface area contributed by atoms with Crippen LogP contribution in [0, 0.1) is 67.3 Å². The van der Waals surface area contributed by atoms with Gasteiger partial charge in [-0.1, -0.05) is 6.07 Å². The highest BCUT2D eigenvalue weighted by molar-refractivity contribution is 6.95. The Morgan fingerprint density at radius 2 is 0.900 bits per heavy atom. The molecule has 0 heterocycles. The molecular weight excluding hydrogens is 415 g/mol. The van der Waals surface area contributed by atoms with Gasteiger partial charge in [0.1, 0.15) is 46.5 Å². The van der Waals surface area contributed by atoms with Gasteiger partial charge < -0.3 is 0 Å². The summed E-state index contributed by atoms with van der Waals surface area (Å²) in [4.78, 5) is 0. The van der Waals surface area contributed by atoms with Crippen molar-refractivity contribution in [2.24, 2.45) is 0 Å². The fourth-order valence-corrected chi connectivity index (χ4v) is 3.30. The van der Waals surface area contributed by atoms with Crippen LogP contribution in [0.15, 0.2) is 24.3 Å². The molecule has 0 bridgehead atoms. The number of aryl methyl sites for hydroxylation is 1. The molecule has 0 aliphatic heterocycles. The third kappa shape index (κ3) is 3.46. The fourth-order valence-electron chi connectivity index (χ4n) is 3.30. The van der Waals surface area contributed by atoms with Gasteiger partial charge in [-0.2, -0.15) is 0 Å². The zero-order chi connectivity index (χ0) is 22.5. The SMILES string of the molecule is Cc1cc(B(c2c(F)cc(F)c(C)c2F)c2c(F)cc(F)c(C)c2F)c(F)cc1F. The minimum Gasteiger partial charge on any atom is -0.207 e. The Kier molecular flexibility index (Phi) is 5.67. The molecule has 0 saturated carbocycles. The predicted molar refractivity (Wildman–Crippen MR) is 97.9 cm³/mol. The van der Waals surface area contributed by atoms with Crippen molar-refractivity contribution < 1.29 is 35.1 Å². The number of halogens is 8. The van der Waals surface area contributed by atoms with E-state index >= 15 is 0 Å². The van der Waals surface area contributed by atoms with Crippen molar-refractivity contribution in [3.05, 3.63) is 87.5 Å². The average molecular weight is 428 g/mol. The summed E-state index contributed by atoms with van der Waals surface area (Å²) in [6, 6.07) is 1.82. The van der Waals surface area contributed by atoms with E-state index in [-0.39, 0.29) is 5.56 Å². The first-order valence-corrected chi connectivity index (χ1v) is 8.69. The molecule has 30 heavy (non-hydrogen) atoms. The second-order valence-electron chi connectivity index (χ2n) is 6.94. The highest BCUT2D eigenvalue weighted by Gasteiger charge is 2.37. The van der Waals surface area contributed by atoms with Gasteiger partial charge in [-0.05, 0) is 31.8 Å². The monoisotopic (exact) mass is 428 g/mol. The van der Waals surface area contributed by atoms with E-state index in [0.717, 1.165) is 19.9 Å². The molecule has 0 amide bonds. The quantitative estimate of drug-likeness (QED) is 0.433. The van der Waals surface area contributed by atoms with Crippen LogP contribution >= 0.6 is 0 Å². The van der Waals surface area contributed by atoms with Gasteiger partial charge >= 0.3 is 0 Å². The van der Waals surface area contributed by atoms with E-state index in [4.69, 9.17) is 0 Å². The summed E-state index contributed by atoms with van der Waals surface area (Å²) in [7, 11) is 0. The molecule has 0 aliphatic carbocycles. The number of benzene rings is 3. The summed E-state index contributed by atoms with van der Waals surface area (Å²) in [5, 5.41) is 0. The molecule has 0 unspecified atom stereocenters. The topological polar surface area (TPSA) is 0 Å². The third-order valence-corrected chi connectivity index (χ3v) is 5.04. The minimum atomic E-state index is -2.12. The van der Waals surface area contributed by atoms with Gasteiger partial charge in [0.15, 0.2) is 0 Å². The van der Waals surface area contributed by atoms with E-state index in [1.165, 1.54) is 6.92 Å². The molecule has 0 aliphatic rings. The zero-order valence-corrected chi connectivity index (χ0v) is 15.9. The summed E-state index contributed by atoms with van der Waals surface area (Å²) < 4.78 is 115. The van der Waals surface area contributed by atoms with Crippen LogP contribution in [0.1, 0.15) is 16.7 Å². The first-order valence-electron chi connectivity index (χ1n) is 8.69. The molecule has 0 N–H and O–H groups in total. The molecular formula is C21H13BF8. The Labute approximate surface area is 167 Å². The van der Waals surface area contributed by atoms with Crippen LogP contribution in [0.5, 0.6) is 0 Å². The fraction of sp³-hybridized carbons (Fsp3) is 0.143. The predicted octanol–water partition coefficient (Wildman–Crippen LogP) is 4.24. The van der Waals surface area contributed by atoms with E-state index in [1.807, 2.05) is 0 Å². The van der Waals surface area contributed by atoms with E-state index < -0.39 is 80.8 Å². The average Bonchev–Trinajstić information content (AvgIpc) is 2.66. The minimum absolute atomic E-state index is 0.171. The number of rotatable bonds is 3. The van der Waals surface area contributed by atoms with Crippen molar-refractivity contribution in [3.63, 3.8) is 0 Å². The Morgan fingerprint density at radius 3 is 1.33 bits per heavy atom. The largest absolute Gasteiger partial charge is 0.260 e. The highest BCUT2D eigenvalue weighted by Crippen LogP contribution is 2.18. The van der Waals surface area contributed by atoms with Crippen molar-refractivity contribution in [2.45, 2.75) is 20.8 Å². The van der Waals surface area contributed by atoms with Gasteiger partial charge in [-0.15, -0.1) is 0 Å². The first-order chi connectivity index (χ1) is 14.0. The Morgan fingerprint density at radius 1 is 0.500 bits per heavy atom. The molecule has 0 saturated heterocycles. The summed E-state index contributed by atoms with van der Waals surface area (Å²) in [6.07, 6.45) is 0. The van der Waals surface area contributed by atoms with Crippen molar-refractivity contribution in [2.75, 3.05) is 0 Å². The maximum Gasteiger partial charge on any atom is 0.260 e. The number of hydrogen-bond donors (Lipinski definition) is 0. The van der Waals surface area contributed by atoms with Crippen LogP contribution in [0.25, 0.3) is 0 Å². The molecule has 3 rings (SSSR count). The smallest absolute Gasteiger partial charge is 0.207 e. The highest BCUT2D eigenvalue weighted by atomic mass is 19.2. The lowest BCUT2D eigenvalue weighted by molar-refractivity contribution is 0.539. The van der Waals surface area contributed by atoms with Crippen molar-refractivity contribution in [1.29, 1.82) is 0 Å². The summed E-state index contributed by atoms with van der Waals surface area (Å²) in [6.45, 7) is 1.00. The van der Waals surface area contributed by atoms with E-state index in [2.05, 4.69) is 0 Å². The zero-order valence-electron chi connectivity index (χ0n) is 15.9. The van der Waals surface area contributed by atoms with Crippen LogP contribution in [0.2, 0.25) is 0 Å². The second-order valence-corrected chi connectivity index (χ2v) is 6.94. The molecule has 3 aromatic carbocycles. The lowest BCUT2D eigenvalue weighted by atomic mass is 9.36. The van der Waals surface area contributed by atoms with Crippen molar-refractivity contribution >= 4 is 23.1 Å². The molecule has 156 valence electrons. The molecule has 0 spiro atoms. The maximum atomic E-state index is 14.9. The maximum absolute atomic E-state index is 14.9. The van der Waals surface area contributed by atoms with Crippen LogP contribution < -0.4 is 16.4 Å². The van der Waals surface area contributed by atoms with E-state index in [1.54, 1.807) is 0 Å². The normalized spacial score (nSPS) is 11.2. The molecule has 0 nitrogen and oxygen atoms in total. The van der Waals surface area contributed by atoms with E-state index in [9.17, 15) is 35.1 Å². The molecule has 0 aromatic heterocycles. The molecule has 9 heteroatoms. The summed E-state index contributed by atoms with van der Waals surface area (Å²) >= 11 is 0. The van der Waals surface area contributed by atoms with Gasteiger partial charge in [-0.25, -0.2) is 35.1 Å². The standard InChI is InChI=1S/C21H13BF8/c1-8-4-11(15(26)5-12(8)23)22(18-16(27)6-13(24)9(2)20(18)29)19-17(28)7-14(25)10(3)21(19)30/h4-7H,1-3H3. The van der Waals surface area contributed by atoms with E-state index in [0.29, 0.717) is 18.2 Å². The van der Waals surface area contributed by atoms with Gasteiger partial charge in [0.25, 0.3) is 6.71 Å². The summed E-state index contributed by atoms with van der Waals surface area (Å²) in [5.41, 5.74) is -4.28. The Bertz CT molecular complexity index is 1110. The van der Waals surface area contributed by atoms with Crippen molar-refractivity contribution in [1.82, 2.24) is 0 Å². The van der Waals surface area contributed by atoms with Crippen molar-refractivity contribution in [3.8, 4) is 0 Å². The van der Waals surface area contributed by atoms with Gasteiger partial charge in [0.05, 0.1) is 0 Å². The van der Waals surface area contributed by atoms with Gasteiger partial charge in [-0.3, -0.25) is 0 Å². The molecule has 0 atom stereocenters. The third-order valence-electron chi connectivity index (χ3n) is 5.04. The Hall–Kier alpha value is -2.84. The van der Waals surface area contributed by atoms with Crippen LogP contribution in [0.4, 0.5) is 35.1 Å². The van der Waals surface area contributed by atoms with Gasteiger partial charge in [0, 0.05) is 40.3 Å². The number of hydrogen-bond acceptors (Lipinski definition) is 0. The Balaban J connectivity index is 2.50. The summed E-state index contributed by atoms with van der Waals surface area (Å²) in [5.74, 6) is -10.9. The van der Waals surface area contributed by atoms with Crippen LogP contribution in [-0.4, -0.2) is 6.71 Å². The van der Waals surface area contributed by atoms with Crippen LogP contribution in [-0.2, 0) is 0 Å². The first kappa shape index (κ1) is 21.9. The lowest BCUT2D eigenvalue weighted by Gasteiger charge is -2.21. The molecule has 3 aromatic rings. The van der Waals surface area contributed by atoms with Crippen LogP contribution in [0.3, 0.4) is 0 Å². The van der Waals surface area contributed by atoms with Gasteiger partial charge in [0.2, 0.25) is 0 Å². The second kappa shape index (κ2) is 7.77.